The number of aliphatic hydroxyl groups excluding tert-OH is 2. The Balaban J connectivity index is 2.24. The first-order valence-corrected chi connectivity index (χ1v) is 24.0. The Morgan fingerprint density at radius 1 is 0.822 bits per heavy atom. The van der Waals surface area contributed by atoms with Gasteiger partial charge in [0.15, 0.2) is 5.96 Å². The minimum Gasteiger partial charge on any atom is -0.477 e. The molecule has 73 heavy (non-hydrogen) atoms. The molecule has 1 aliphatic rings. The molecular formula is C43H76N18O12. The number of carboxylic acid groups (broad SMARTS) is 1. The van der Waals surface area contributed by atoms with Crippen LogP contribution in [0.3, 0.4) is 0 Å². The molecule has 0 bridgehead atoms. The third-order valence-electron chi connectivity index (χ3n) is 11.3. The van der Waals surface area contributed by atoms with Gasteiger partial charge in [0, 0.05) is 44.4 Å². The van der Waals surface area contributed by atoms with Gasteiger partial charge < -0.3 is 103 Å². The molecule has 2 unspecified atom stereocenters. The zero-order valence-electron chi connectivity index (χ0n) is 41.1. The topological polar surface area (TPSA) is 525 Å². The highest BCUT2D eigenvalue weighted by molar-refractivity contribution is 5.99. The number of unbranched alkanes of at least 4 members (excludes halogenated alkanes) is 2. The number of aliphatic carboxylic acids is 1. The number of aliphatic imine (C=N–C) groups is 1. The summed E-state index contributed by atoms with van der Waals surface area (Å²) in [6, 6.07) is -9.39. The first-order valence-electron chi connectivity index (χ1n) is 24.0. The van der Waals surface area contributed by atoms with Crippen molar-refractivity contribution in [2.24, 2.45) is 45.1 Å². The number of amides is 8. The monoisotopic (exact) mass is 1040 g/mol. The molecule has 0 aromatic carbocycles. The van der Waals surface area contributed by atoms with E-state index in [1.165, 1.54) is 25.5 Å². The maximum Gasteiger partial charge on any atom is 0.352 e. The lowest BCUT2D eigenvalue weighted by atomic mass is 10.0. The van der Waals surface area contributed by atoms with Crippen LogP contribution in [0.2, 0.25) is 0 Å². The number of hydrogen-bond acceptors (Lipinski definition) is 18. The molecule has 2 rings (SSSR count). The summed E-state index contributed by atoms with van der Waals surface area (Å²) in [5.41, 5.74) is 38.9. The third kappa shape index (κ3) is 22.2. The van der Waals surface area contributed by atoms with Crippen LogP contribution in [0.4, 0.5) is 0 Å². The molecular weight excluding hydrogens is 961 g/mol. The van der Waals surface area contributed by atoms with Crippen molar-refractivity contribution in [2.75, 3.05) is 45.8 Å². The second-order valence-corrected chi connectivity index (χ2v) is 17.3. The number of nitrogens with one attached hydrogen (secondary N) is 8. The molecule has 0 saturated carbocycles. The van der Waals surface area contributed by atoms with Crippen LogP contribution in [0.1, 0.15) is 76.8 Å². The van der Waals surface area contributed by atoms with Crippen molar-refractivity contribution in [3.05, 3.63) is 30.0 Å². The van der Waals surface area contributed by atoms with Crippen molar-refractivity contribution in [2.45, 2.75) is 132 Å². The molecule has 30 heteroatoms. The number of aliphatic hydroxyl groups is 2. The van der Waals surface area contributed by atoms with Gasteiger partial charge in [0.1, 0.15) is 41.9 Å². The van der Waals surface area contributed by atoms with Gasteiger partial charge in [-0.3, -0.25) is 43.3 Å². The van der Waals surface area contributed by atoms with Crippen molar-refractivity contribution in [1.82, 2.24) is 52.1 Å². The number of carbonyl (C=O) groups excluding carboxylic acids is 8. The van der Waals surface area contributed by atoms with Gasteiger partial charge in [-0.25, -0.2) is 9.78 Å². The fraction of sp³-hybridized carbons (Fsp3) is 0.651. The molecule has 2 heterocycles. The van der Waals surface area contributed by atoms with E-state index in [2.05, 4.69) is 52.2 Å². The number of carboxylic acids is 1. The van der Waals surface area contributed by atoms with E-state index in [-0.39, 0.29) is 77.1 Å². The maximum atomic E-state index is 14.2. The number of aromatic nitrogens is 2. The molecule has 1 saturated heterocycles. The number of nitrogens with two attached hydrogens (primary N) is 7. The zero-order valence-corrected chi connectivity index (χ0v) is 41.1. The van der Waals surface area contributed by atoms with Crippen LogP contribution in [-0.2, 0) is 49.6 Å². The lowest BCUT2D eigenvalue weighted by Crippen LogP contribution is -2.60. The van der Waals surface area contributed by atoms with Crippen LogP contribution >= 0.6 is 0 Å². The number of imidazole rings is 1. The first-order chi connectivity index (χ1) is 34.7. The Labute approximate surface area is 421 Å². The molecule has 30 nitrogen and oxygen atoms in total. The number of β-amino-alcohol motifs (C(OH)–C–C–N with tert-alkyl or cyclic N) is 1. The lowest BCUT2D eigenvalue weighted by Gasteiger charge is -2.30. The molecule has 410 valence electrons. The quantitative estimate of drug-likeness (QED) is 0.0132. The van der Waals surface area contributed by atoms with E-state index in [1.54, 1.807) is 0 Å². The fourth-order valence-corrected chi connectivity index (χ4v) is 7.33. The van der Waals surface area contributed by atoms with E-state index in [4.69, 9.17) is 40.1 Å². The highest BCUT2D eigenvalue weighted by Crippen LogP contribution is 2.21. The van der Waals surface area contributed by atoms with Crippen LogP contribution < -0.4 is 77.4 Å². The van der Waals surface area contributed by atoms with Gasteiger partial charge in [-0.15, -0.1) is 0 Å². The Hall–Kier alpha value is -6.83. The highest BCUT2D eigenvalue weighted by Gasteiger charge is 2.43. The molecule has 0 aliphatic carbocycles. The van der Waals surface area contributed by atoms with Gasteiger partial charge in [0.05, 0.1) is 31.1 Å². The van der Waals surface area contributed by atoms with E-state index in [1.807, 2.05) is 0 Å². The minimum atomic E-state index is -1.58. The number of nitrogens with zero attached hydrogens (tertiary/aromatic N) is 3. The van der Waals surface area contributed by atoms with Gasteiger partial charge in [0.2, 0.25) is 47.3 Å². The van der Waals surface area contributed by atoms with E-state index in [0.717, 1.165) is 4.90 Å². The summed E-state index contributed by atoms with van der Waals surface area (Å²) in [5, 5.41) is 48.0. The number of H-pyrrole nitrogens is 1. The van der Waals surface area contributed by atoms with E-state index < -0.39 is 127 Å². The van der Waals surface area contributed by atoms with Gasteiger partial charge in [-0.1, -0.05) is 12.5 Å². The number of carbonyl (C=O) groups is 9. The predicted molar refractivity (Wildman–Crippen MR) is 263 cm³/mol. The van der Waals surface area contributed by atoms with Crippen molar-refractivity contribution in [3.63, 3.8) is 0 Å². The molecule has 1 aliphatic heterocycles. The summed E-state index contributed by atoms with van der Waals surface area (Å²) in [6.07, 6.45) is 3.07. The summed E-state index contributed by atoms with van der Waals surface area (Å²) >= 11 is 0. The number of hydrogen-bond donors (Lipinski definition) is 18. The van der Waals surface area contributed by atoms with E-state index >= 15 is 0 Å². The molecule has 25 N–H and O–H groups in total. The van der Waals surface area contributed by atoms with E-state index in [9.17, 15) is 58.5 Å². The van der Waals surface area contributed by atoms with Crippen LogP contribution in [0.5, 0.6) is 0 Å². The lowest BCUT2D eigenvalue weighted by molar-refractivity contribution is -0.142. The normalized spacial score (nSPS) is 17.3. The third-order valence-corrected chi connectivity index (χ3v) is 11.3. The highest BCUT2D eigenvalue weighted by atomic mass is 16.4. The molecule has 9 atom stereocenters. The van der Waals surface area contributed by atoms with Crippen molar-refractivity contribution < 1.29 is 58.5 Å². The maximum absolute atomic E-state index is 14.2. The molecule has 8 amide bonds. The smallest absolute Gasteiger partial charge is 0.352 e. The largest absolute Gasteiger partial charge is 0.477 e. The zero-order chi connectivity index (χ0) is 54.6. The number of aromatic amines is 1. The van der Waals surface area contributed by atoms with Crippen LogP contribution in [0.25, 0.3) is 0 Å². The standard InChI is InChI=1S/C43H76N18O12/c1-23(55-40(70)34(32(63)18-47)60-36(66)26(48)8-2-4-12-44)35(65)53-20-33(64)56-28(10-6-14-46)41(71)61-21-25(62)17-31(61)39(69)59-30(16-24-19-51-22-54-24)38(68)57-27(9-3-5-13-45)37(67)58-29(42(72)73)11-7-15-52-43(49)50/h11,19,22-23,25-28,30-32,34,62-63H,2-10,12-18,20-21,44-48H2,1H3,(H,51,54)(H,53,65)(H,55,70)(H,56,64)(H,57,68)(H,58,67)(H,59,69)(H,60,66)(H,72,73)(H4,49,50,52)/b29-11-/t23?,25-,26+,27+,28-,30?,31+,32+,34+/m1/s1. The van der Waals surface area contributed by atoms with Crippen LogP contribution in [-0.4, -0.2) is 190 Å². The van der Waals surface area contributed by atoms with Gasteiger partial charge in [-0.2, -0.15) is 0 Å². The molecule has 1 aromatic heterocycles. The van der Waals surface area contributed by atoms with Crippen molar-refractivity contribution in [3.8, 4) is 0 Å². The summed E-state index contributed by atoms with van der Waals surface area (Å²) in [7, 11) is 0. The summed E-state index contributed by atoms with van der Waals surface area (Å²) in [4.78, 5) is 132. The van der Waals surface area contributed by atoms with Crippen LogP contribution in [0, 0.1) is 0 Å². The summed E-state index contributed by atoms with van der Waals surface area (Å²) in [6.45, 7) is 0.538. The Kier molecular flexibility index (Phi) is 28.2. The Morgan fingerprint density at radius 3 is 2.08 bits per heavy atom. The fourth-order valence-electron chi connectivity index (χ4n) is 7.33. The summed E-state index contributed by atoms with van der Waals surface area (Å²) < 4.78 is 0. The average Bonchev–Trinajstić information content (AvgIpc) is 4.02. The second-order valence-electron chi connectivity index (χ2n) is 17.3. The summed E-state index contributed by atoms with van der Waals surface area (Å²) in [5.74, 6) is -8.59. The van der Waals surface area contributed by atoms with Crippen molar-refractivity contribution >= 4 is 59.2 Å². The van der Waals surface area contributed by atoms with Gasteiger partial charge >= 0.3 is 5.97 Å². The first kappa shape index (κ1) is 62.3. The Bertz CT molecular complexity index is 2040. The predicted octanol–water partition coefficient (Wildman–Crippen LogP) is -8.13. The van der Waals surface area contributed by atoms with E-state index in [0.29, 0.717) is 37.9 Å². The average molecular weight is 1040 g/mol. The molecule has 0 spiro atoms. The molecule has 1 fully saturated rings. The second kappa shape index (κ2) is 33.0. The number of rotatable bonds is 34. The Morgan fingerprint density at radius 2 is 1.48 bits per heavy atom. The van der Waals surface area contributed by atoms with Crippen molar-refractivity contribution in [1.29, 1.82) is 0 Å². The van der Waals surface area contributed by atoms with Crippen LogP contribution in [0.15, 0.2) is 29.3 Å². The SMILES string of the molecule is CC(NC(=O)[C@@H](NC(=O)[C@@H](N)CCCCN)[C@@H](O)CN)C(=O)NCC(=O)N[C@H](CCCN)C(=O)N1C[C@H](O)C[C@H]1C(=O)NC(Cc1cnc[nH]1)C(=O)N[C@@H](CCCCN)C(=O)N/C(=C\CCN=C(N)N)C(=O)O. The molecule has 0 radical (unpaired) electrons. The van der Waals surface area contributed by atoms with Gasteiger partial charge in [0.25, 0.3) is 0 Å². The number of guanidine groups is 1. The molecule has 1 aromatic rings. The van der Waals surface area contributed by atoms with Gasteiger partial charge in [-0.05, 0) is 77.9 Å². The number of likely N-dealkylation sites (tertiary alicyclic amines) is 1. The minimum absolute atomic E-state index is 0.0148.